The highest BCUT2D eigenvalue weighted by molar-refractivity contribution is 5.73. The highest BCUT2D eigenvalue weighted by atomic mass is 16.5. The second kappa shape index (κ2) is 10.6. The minimum absolute atomic E-state index is 0.0641. The number of carbonyl (C=O) groups excluding carboxylic acids is 1. The van der Waals surface area contributed by atoms with Crippen molar-refractivity contribution in [3.63, 3.8) is 0 Å². The number of rotatable bonds is 6. The van der Waals surface area contributed by atoms with Crippen LogP contribution >= 0.6 is 0 Å². The fraction of sp³-hybridized carbons (Fsp3) is 0.536. The molecule has 0 bridgehead atoms. The zero-order chi connectivity index (χ0) is 25.1. The standard InChI is InChI=1S/C28H39N3O4/c1-22-4-8-25(9-5-22)30-14-12-27(33,13-15-30)18-29-16-17-31(24(3)32)20-28(34,19-29)21-35-26-10-6-23(2)7-11-26/h4-11,33-34H,12-21H2,1-3H3. The van der Waals surface area contributed by atoms with E-state index in [0.29, 0.717) is 44.8 Å². The summed E-state index contributed by atoms with van der Waals surface area (Å²) >= 11 is 0. The van der Waals surface area contributed by atoms with E-state index in [1.165, 1.54) is 18.2 Å². The molecule has 0 saturated carbocycles. The second-order valence-electron chi connectivity index (χ2n) is 10.5. The Morgan fingerprint density at radius 3 is 2.06 bits per heavy atom. The normalized spacial score (nSPS) is 23.1. The van der Waals surface area contributed by atoms with E-state index >= 15 is 0 Å². The first-order chi connectivity index (χ1) is 16.6. The molecule has 2 heterocycles. The van der Waals surface area contributed by atoms with E-state index in [-0.39, 0.29) is 19.1 Å². The van der Waals surface area contributed by atoms with Crippen LogP contribution in [0.5, 0.6) is 5.75 Å². The van der Waals surface area contributed by atoms with Gasteiger partial charge in [0.15, 0.2) is 0 Å². The van der Waals surface area contributed by atoms with E-state index in [1.54, 1.807) is 4.90 Å². The third-order valence-electron chi connectivity index (χ3n) is 7.27. The van der Waals surface area contributed by atoms with Crippen LogP contribution < -0.4 is 9.64 Å². The van der Waals surface area contributed by atoms with Gasteiger partial charge in [-0.05, 0) is 51.0 Å². The first-order valence-electron chi connectivity index (χ1n) is 12.6. The van der Waals surface area contributed by atoms with Gasteiger partial charge in [0, 0.05) is 51.9 Å². The molecule has 2 N–H and O–H groups in total. The minimum Gasteiger partial charge on any atom is -0.490 e. The molecule has 2 saturated heterocycles. The number of anilines is 1. The molecule has 0 radical (unpaired) electrons. The van der Waals surface area contributed by atoms with Crippen molar-refractivity contribution in [3.8, 4) is 5.75 Å². The van der Waals surface area contributed by atoms with Crippen molar-refractivity contribution in [2.24, 2.45) is 0 Å². The van der Waals surface area contributed by atoms with E-state index in [0.717, 1.165) is 18.7 Å². The van der Waals surface area contributed by atoms with Crippen LogP contribution in [-0.2, 0) is 4.79 Å². The molecule has 0 aliphatic carbocycles. The average Bonchev–Trinajstić information content (AvgIpc) is 2.98. The van der Waals surface area contributed by atoms with Gasteiger partial charge in [0.2, 0.25) is 5.91 Å². The maximum atomic E-state index is 12.2. The fourth-order valence-electron chi connectivity index (χ4n) is 5.10. The van der Waals surface area contributed by atoms with Gasteiger partial charge in [-0.2, -0.15) is 0 Å². The number of aliphatic hydroxyl groups is 2. The summed E-state index contributed by atoms with van der Waals surface area (Å²) in [5.74, 6) is 0.627. The number of aryl methyl sites for hydroxylation is 2. The Bertz CT molecular complexity index is 986. The quantitative estimate of drug-likeness (QED) is 0.661. The van der Waals surface area contributed by atoms with Crippen molar-refractivity contribution in [3.05, 3.63) is 59.7 Å². The summed E-state index contributed by atoms with van der Waals surface area (Å²) in [5, 5.41) is 23.0. The predicted octanol–water partition coefficient (Wildman–Crippen LogP) is 2.61. The number of ether oxygens (including phenoxy) is 1. The molecule has 2 aromatic carbocycles. The number of β-amino-alcohol motifs (C(OH)–C–C–N with tert-alkyl or cyclic N) is 2. The highest BCUT2D eigenvalue weighted by Crippen LogP contribution is 2.29. The van der Waals surface area contributed by atoms with E-state index < -0.39 is 11.2 Å². The number of amides is 1. The van der Waals surface area contributed by atoms with E-state index in [2.05, 4.69) is 41.0 Å². The van der Waals surface area contributed by atoms with Crippen molar-refractivity contribution < 1.29 is 19.7 Å². The lowest BCUT2D eigenvalue weighted by molar-refractivity contribution is -0.132. The van der Waals surface area contributed by atoms with Crippen LogP contribution in [0.25, 0.3) is 0 Å². The Kier molecular flexibility index (Phi) is 7.69. The largest absolute Gasteiger partial charge is 0.490 e. The number of carbonyl (C=O) groups is 1. The molecule has 2 aromatic rings. The second-order valence-corrected chi connectivity index (χ2v) is 10.5. The number of benzene rings is 2. The van der Waals surface area contributed by atoms with Crippen LogP contribution in [0.3, 0.4) is 0 Å². The van der Waals surface area contributed by atoms with Crippen LogP contribution in [0.4, 0.5) is 5.69 Å². The molecule has 0 aromatic heterocycles. The van der Waals surface area contributed by atoms with Crippen molar-refractivity contribution in [2.75, 3.05) is 57.3 Å². The van der Waals surface area contributed by atoms with Gasteiger partial charge in [0.05, 0.1) is 12.1 Å². The molecule has 35 heavy (non-hydrogen) atoms. The van der Waals surface area contributed by atoms with Crippen LogP contribution in [0.2, 0.25) is 0 Å². The molecule has 4 rings (SSSR count). The van der Waals surface area contributed by atoms with Crippen LogP contribution in [0.1, 0.15) is 30.9 Å². The molecule has 2 aliphatic heterocycles. The van der Waals surface area contributed by atoms with Gasteiger partial charge in [-0.1, -0.05) is 35.4 Å². The van der Waals surface area contributed by atoms with Gasteiger partial charge in [-0.15, -0.1) is 0 Å². The summed E-state index contributed by atoms with van der Waals surface area (Å²) in [6, 6.07) is 16.2. The first kappa shape index (κ1) is 25.5. The van der Waals surface area contributed by atoms with Crippen molar-refractivity contribution in [1.82, 2.24) is 9.80 Å². The zero-order valence-corrected chi connectivity index (χ0v) is 21.2. The topological polar surface area (TPSA) is 76.5 Å². The summed E-state index contributed by atoms with van der Waals surface area (Å²) in [7, 11) is 0. The smallest absolute Gasteiger partial charge is 0.219 e. The molecule has 1 unspecified atom stereocenters. The minimum atomic E-state index is -1.23. The Hall–Kier alpha value is -2.61. The first-order valence-corrected chi connectivity index (χ1v) is 12.6. The third-order valence-corrected chi connectivity index (χ3v) is 7.27. The molecule has 2 aliphatic rings. The molecular formula is C28H39N3O4. The van der Waals surface area contributed by atoms with Crippen molar-refractivity contribution in [2.45, 2.75) is 44.8 Å². The number of hydrogen-bond donors (Lipinski definition) is 2. The van der Waals surface area contributed by atoms with Gasteiger partial charge < -0.3 is 24.7 Å². The molecule has 0 spiro atoms. The number of nitrogens with zero attached hydrogens (tertiary/aromatic N) is 3. The molecule has 1 amide bonds. The number of piperidine rings is 1. The van der Waals surface area contributed by atoms with E-state index in [1.807, 2.05) is 31.2 Å². The van der Waals surface area contributed by atoms with E-state index in [9.17, 15) is 15.0 Å². The van der Waals surface area contributed by atoms with Crippen LogP contribution in [0.15, 0.2) is 48.5 Å². The summed E-state index contributed by atoms with van der Waals surface area (Å²) in [5.41, 5.74) is 1.51. The van der Waals surface area contributed by atoms with Gasteiger partial charge in [-0.3, -0.25) is 9.69 Å². The highest BCUT2D eigenvalue weighted by Gasteiger charge is 2.40. The Morgan fingerprint density at radius 2 is 1.46 bits per heavy atom. The lowest BCUT2D eigenvalue weighted by Gasteiger charge is -2.42. The predicted molar refractivity (Wildman–Crippen MR) is 138 cm³/mol. The average molecular weight is 482 g/mol. The van der Waals surface area contributed by atoms with Gasteiger partial charge in [0.1, 0.15) is 18.0 Å². The molecule has 1 atom stereocenters. The summed E-state index contributed by atoms with van der Waals surface area (Å²) in [4.78, 5) is 18.3. The van der Waals surface area contributed by atoms with Gasteiger partial charge in [0.25, 0.3) is 0 Å². The van der Waals surface area contributed by atoms with Crippen LogP contribution in [-0.4, -0.2) is 89.5 Å². The third kappa shape index (κ3) is 6.75. The maximum Gasteiger partial charge on any atom is 0.219 e. The summed E-state index contributed by atoms with van der Waals surface area (Å²) in [6.45, 7) is 9.43. The lowest BCUT2D eigenvalue weighted by atomic mass is 9.90. The van der Waals surface area contributed by atoms with Crippen LogP contribution in [0, 0.1) is 13.8 Å². The molecular weight excluding hydrogens is 442 g/mol. The van der Waals surface area contributed by atoms with Crippen molar-refractivity contribution in [1.29, 1.82) is 0 Å². The Balaban J connectivity index is 1.40. The number of hydrogen-bond acceptors (Lipinski definition) is 6. The van der Waals surface area contributed by atoms with Crippen molar-refractivity contribution >= 4 is 11.6 Å². The van der Waals surface area contributed by atoms with Gasteiger partial charge >= 0.3 is 0 Å². The summed E-state index contributed by atoms with van der Waals surface area (Å²) in [6.07, 6.45) is 1.32. The zero-order valence-electron chi connectivity index (χ0n) is 21.2. The maximum absolute atomic E-state index is 12.2. The molecule has 2 fully saturated rings. The lowest BCUT2D eigenvalue weighted by Crippen LogP contribution is -2.55. The summed E-state index contributed by atoms with van der Waals surface area (Å²) < 4.78 is 5.94. The monoisotopic (exact) mass is 481 g/mol. The fourth-order valence-corrected chi connectivity index (χ4v) is 5.10. The Labute approximate surface area is 208 Å². The SMILES string of the molecule is CC(=O)N1CCN(CC2(O)CCN(c3ccc(C)cc3)CC2)CC(O)(COc2ccc(C)cc2)C1. The molecule has 7 heteroatoms. The molecule has 7 nitrogen and oxygen atoms in total. The molecule has 190 valence electrons. The van der Waals surface area contributed by atoms with E-state index in [4.69, 9.17) is 4.74 Å². The van der Waals surface area contributed by atoms with Gasteiger partial charge in [-0.25, -0.2) is 0 Å². The Morgan fingerprint density at radius 1 is 0.857 bits per heavy atom.